The van der Waals surface area contributed by atoms with Crippen LogP contribution in [0.4, 0.5) is 5.69 Å². The molecule has 0 spiro atoms. The van der Waals surface area contributed by atoms with Crippen molar-refractivity contribution in [2.75, 3.05) is 10.8 Å². The minimum atomic E-state index is -4.10. The van der Waals surface area contributed by atoms with E-state index in [4.69, 9.17) is 0 Å². The number of anilines is 1. The van der Waals surface area contributed by atoms with Crippen LogP contribution in [0.15, 0.2) is 82.2 Å². The van der Waals surface area contributed by atoms with E-state index in [2.05, 4.69) is 35.1 Å². The molecule has 0 radical (unpaired) electrons. The van der Waals surface area contributed by atoms with Gasteiger partial charge < -0.3 is 10.2 Å². The number of rotatable bonds is 12. The average Bonchev–Trinajstić information content (AvgIpc) is 2.94. The zero-order chi connectivity index (χ0) is 30.3. The predicted molar refractivity (Wildman–Crippen MR) is 168 cm³/mol. The van der Waals surface area contributed by atoms with Gasteiger partial charge in [-0.25, -0.2) is 8.42 Å². The molecule has 220 valence electrons. The van der Waals surface area contributed by atoms with Crippen LogP contribution in [0.2, 0.25) is 0 Å². The Kier molecular flexibility index (Phi) is 11.2. The molecule has 41 heavy (non-hydrogen) atoms. The Balaban J connectivity index is 2.04. The number of hydrogen-bond donors (Lipinski definition) is 1. The fraction of sp³-hybridized carbons (Fsp3) is 0.375. The predicted octanol–water partition coefficient (Wildman–Crippen LogP) is 6.41. The zero-order valence-corrected chi connectivity index (χ0v) is 27.0. The second-order valence-corrected chi connectivity index (χ2v) is 13.5. The molecule has 0 fully saturated rings. The van der Waals surface area contributed by atoms with Gasteiger partial charge in [0.15, 0.2) is 0 Å². The highest BCUT2D eigenvalue weighted by Gasteiger charge is 2.32. The van der Waals surface area contributed by atoms with E-state index in [0.29, 0.717) is 5.69 Å². The highest BCUT2D eigenvalue weighted by molar-refractivity contribution is 9.10. The molecule has 0 aliphatic heterocycles. The van der Waals surface area contributed by atoms with Crippen molar-refractivity contribution in [2.45, 2.75) is 77.4 Å². The van der Waals surface area contributed by atoms with Crippen molar-refractivity contribution in [2.24, 2.45) is 0 Å². The normalized spacial score (nSPS) is 13.0. The number of hydrogen-bond acceptors (Lipinski definition) is 4. The SMILES string of the molecule is CC[C@@H](C)NC(=O)[C@H](C)N(Cc1cccc(Br)c1)C(=O)CN(c1ccc(C(C)C)cc1)S(=O)(=O)c1ccc(C)cc1. The summed E-state index contributed by atoms with van der Waals surface area (Å²) in [6.45, 7) is 11.2. The van der Waals surface area contributed by atoms with Gasteiger partial charge in [-0.2, -0.15) is 0 Å². The standard InChI is InChI=1S/C32H40BrN3O4S/c1-7-24(5)34-32(38)25(6)35(20-26-9-8-10-28(33)19-26)31(37)21-36(29-15-13-27(14-16-29)22(2)3)41(39,40)30-17-11-23(4)12-18-30/h8-19,22,24-25H,7,20-21H2,1-6H3,(H,34,38)/t24-,25+/m1/s1. The van der Waals surface area contributed by atoms with Gasteiger partial charge in [-0.1, -0.05) is 78.7 Å². The lowest BCUT2D eigenvalue weighted by Gasteiger charge is -2.32. The molecule has 3 aromatic rings. The zero-order valence-electron chi connectivity index (χ0n) is 24.6. The Morgan fingerprint density at radius 3 is 2.12 bits per heavy atom. The van der Waals surface area contributed by atoms with Gasteiger partial charge in [-0.3, -0.25) is 13.9 Å². The van der Waals surface area contributed by atoms with Gasteiger partial charge in [-0.05, 0) is 80.6 Å². The van der Waals surface area contributed by atoms with Crippen molar-refractivity contribution in [1.29, 1.82) is 0 Å². The number of nitrogens with zero attached hydrogens (tertiary/aromatic N) is 2. The van der Waals surface area contributed by atoms with Crippen LogP contribution in [-0.2, 0) is 26.2 Å². The van der Waals surface area contributed by atoms with Crippen LogP contribution in [0.3, 0.4) is 0 Å². The van der Waals surface area contributed by atoms with Gasteiger partial charge in [0.1, 0.15) is 12.6 Å². The van der Waals surface area contributed by atoms with Gasteiger partial charge >= 0.3 is 0 Å². The molecule has 0 aromatic heterocycles. The van der Waals surface area contributed by atoms with Crippen molar-refractivity contribution >= 4 is 43.5 Å². The van der Waals surface area contributed by atoms with Crippen LogP contribution in [0.5, 0.6) is 0 Å². The van der Waals surface area contributed by atoms with Crippen molar-refractivity contribution in [1.82, 2.24) is 10.2 Å². The van der Waals surface area contributed by atoms with Gasteiger partial charge in [0.05, 0.1) is 10.6 Å². The molecule has 0 aliphatic carbocycles. The average molecular weight is 643 g/mol. The fourth-order valence-corrected chi connectivity index (χ4v) is 6.13. The number of halogens is 1. The molecule has 0 unspecified atom stereocenters. The van der Waals surface area contributed by atoms with E-state index in [1.54, 1.807) is 43.3 Å². The quantitative estimate of drug-likeness (QED) is 0.248. The summed E-state index contributed by atoms with van der Waals surface area (Å²) in [6.07, 6.45) is 0.743. The second kappa shape index (κ2) is 14.1. The van der Waals surface area contributed by atoms with E-state index in [0.717, 1.165) is 31.9 Å². The largest absolute Gasteiger partial charge is 0.352 e. The third-order valence-electron chi connectivity index (χ3n) is 7.15. The molecule has 0 aliphatic rings. The lowest BCUT2D eigenvalue weighted by Crippen LogP contribution is -2.52. The first kappa shape index (κ1) is 32.3. The van der Waals surface area contributed by atoms with Crippen LogP contribution in [0.1, 0.15) is 63.6 Å². The summed E-state index contributed by atoms with van der Waals surface area (Å²) < 4.78 is 29.9. The topological polar surface area (TPSA) is 86.8 Å². The van der Waals surface area contributed by atoms with E-state index in [9.17, 15) is 18.0 Å². The molecule has 7 nitrogen and oxygen atoms in total. The Bertz CT molecular complexity index is 1440. The third kappa shape index (κ3) is 8.42. The summed E-state index contributed by atoms with van der Waals surface area (Å²) in [4.78, 5) is 28.8. The summed E-state index contributed by atoms with van der Waals surface area (Å²) in [6, 6.07) is 20.4. The van der Waals surface area contributed by atoms with E-state index in [1.165, 1.54) is 4.90 Å². The Labute approximate surface area is 253 Å². The third-order valence-corrected chi connectivity index (χ3v) is 9.43. The minimum absolute atomic E-state index is 0.0642. The number of aryl methyl sites for hydroxylation is 1. The summed E-state index contributed by atoms with van der Waals surface area (Å²) in [5.41, 5.74) is 3.17. The summed E-state index contributed by atoms with van der Waals surface area (Å²) in [5.74, 6) is -0.518. The maximum Gasteiger partial charge on any atom is 0.264 e. The highest BCUT2D eigenvalue weighted by atomic mass is 79.9. The number of carbonyl (C=O) groups is 2. The summed E-state index contributed by atoms with van der Waals surface area (Å²) >= 11 is 3.47. The molecule has 2 amide bonds. The van der Waals surface area contributed by atoms with Gasteiger partial charge in [-0.15, -0.1) is 0 Å². The molecule has 2 atom stereocenters. The number of benzene rings is 3. The molecule has 1 N–H and O–H groups in total. The Morgan fingerprint density at radius 1 is 0.927 bits per heavy atom. The number of nitrogens with one attached hydrogen (secondary N) is 1. The van der Waals surface area contributed by atoms with Crippen molar-refractivity contribution in [3.05, 3.63) is 94.0 Å². The highest BCUT2D eigenvalue weighted by Crippen LogP contribution is 2.27. The molecule has 0 saturated heterocycles. The number of amides is 2. The van der Waals surface area contributed by atoms with Crippen LogP contribution >= 0.6 is 15.9 Å². The molecule has 0 heterocycles. The van der Waals surface area contributed by atoms with Crippen molar-refractivity contribution in [3.8, 4) is 0 Å². The van der Waals surface area contributed by atoms with Gasteiger partial charge in [0.2, 0.25) is 11.8 Å². The molecule has 0 saturated carbocycles. The monoisotopic (exact) mass is 641 g/mol. The van der Waals surface area contributed by atoms with Gasteiger partial charge in [0.25, 0.3) is 10.0 Å². The smallest absolute Gasteiger partial charge is 0.264 e. The lowest BCUT2D eigenvalue weighted by atomic mass is 10.0. The molecule has 9 heteroatoms. The first-order chi connectivity index (χ1) is 19.3. The van der Waals surface area contributed by atoms with Crippen LogP contribution in [-0.4, -0.2) is 43.8 Å². The van der Waals surface area contributed by atoms with Crippen LogP contribution in [0, 0.1) is 6.92 Å². The maximum atomic E-state index is 14.1. The van der Waals surface area contributed by atoms with E-state index >= 15 is 0 Å². The second-order valence-electron chi connectivity index (χ2n) is 10.7. The number of carbonyl (C=O) groups excluding carboxylic acids is 2. The first-order valence-electron chi connectivity index (χ1n) is 13.9. The van der Waals surface area contributed by atoms with Crippen molar-refractivity contribution in [3.63, 3.8) is 0 Å². The van der Waals surface area contributed by atoms with E-state index < -0.39 is 28.5 Å². The lowest BCUT2D eigenvalue weighted by molar-refractivity contribution is -0.139. The van der Waals surface area contributed by atoms with Gasteiger partial charge in [0, 0.05) is 17.1 Å². The maximum absolute atomic E-state index is 14.1. The fourth-order valence-electron chi connectivity index (χ4n) is 4.27. The number of sulfonamides is 1. The van der Waals surface area contributed by atoms with Crippen LogP contribution < -0.4 is 9.62 Å². The van der Waals surface area contributed by atoms with E-state index in [1.807, 2.05) is 57.2 Å². The molecular formula is C32H40BrN3O4S. The minimum Gasteiger partial charge on any atom is -0.352 e. The molecule has 3 rings (SSSR count). The Hall–Kier alpha value is -3.17. The van der Waals surface area contributed by atoms with Crippen LogP contribution in [0.25, 0.3) is 0 Å². The first-order valence-corrected chi connectivity index (χ1v) is 16.1. The molecule has 3 aromatic carbocycles. The van der Waals surface area contributed by atoms with E-state index in [-0.39, 0.29) is 29.3 Å². The Morgan fingerprint density at radius 2 is 1.56 bits per heavy atom. The summed E-state index contributed by atoms with van der Waals surface area (Å²) in [7, 11) is -4.10. The molecular weight excluding hydrogens is 602 g/mol. The summed E-state index contributed by atoms with van der Waals surface area (Å²) in [5, 5.41) is 2.95. The van der Waals surface area contributed by atoms with Crippen molar-refractivity contribution < 1.29 is 18.0 Å². The molecule has 0 bridgehead atoms.